The van der Waals surface area contributed by atoms with Crippen LogP contribution in [0.5, 0.6) is 0 Å². The largest absolute Gasteiger partial charge is 0.462 e. The molecule has 6 nitrogen and oxygen atoms in total. The predicted octanol–water partition coefficient (Wildman–Crippen LogP) is 4.23. The molecule has 4 aromatic rings. The number of fused-ring (bicyclic) bond motifs is 3. The van der Waals surface area contributed by atoms with Gasteiger partial charge in [0.2, 0.25) is 6.79 Å². The third kappa shape index (κ3) is 4.72. The summed E-state index contributed by atoms with van der Waals surface area (Å²) < 4.78 is 13.5. The van der Waals surface area contributed by atoms with Crippen molar-refractivity contribution >= 4 is 21.8 Å². The number of hydrogen-bond acceptors (Lipinski definition) is 5. The highest BCUT2D eigenvalue weighted by atomic mass is 16.7. The molecule has 1 aromatic heterocycles. The lowest BCUT2D eigenvalue weighted by Gasteiger charge is -2.39. The predicted molar refractivity (Wildman–Crippen MR) is 143 cm³/mol. The molecular formula is C30H33N3O3. The van der Waals surface area contributed by atoms with Crippen LogP contribution in [-0.4, -0.2) is 71.1 Å². The van der Waals surface area contributed by atoms with Crippen LogP contribution >= 0.6 is 0 Å². The van der Waals surface area contributed by atoms with Gasteiger partial charge in [-0.1, -0.05) is 66.7 Å². The van der Waals surface area contributed by atoms with Gasteiger partial charge in [-0.15, -0.1) is 0 Å². The molecule has 0 aliphatic carbocycles. The minimum atomic E-state index is -0.440. The molecule has 1 N–H and O–H groups in total. The minimum absolute atomic E-state index is 0.166. The van der Waals surface area contributed by atoms with Crippen LogP contribution in [0, 0.1) is 0 Å². The molecule has 3 aromatic carbocycles. The molecule has 2 aliphatic heterocycles. The van der Waals surface area contributed by atoms with E-state index in [4.69, 9.17) is 9.47 Å². The molecule has 0 radical (unpaired) electrons. The summed E-state index contributed by atoms with van der Waals surface area (Å²) in [5.74, 6) is 0.915. The van der Waals surface area contributed by atoms with Gasteiger partial charge in [0.15, 0.2) is 5.76 Å². The average Bonchev–Trinajstić information content (AvgIpc) is 3.56. The van der Waals surface area contributed by atoms with E-state index in [0.717, 1.165) is 38.4 Å². The average molecular weight is 484 g/mol. The van der Waals surface area contributed by atoms with Crippen molar-refractivity contribution in [2.24, 2.45) is 0 Å². The molecule has 2 atom stereocenters. The molecule has 2 unspecified atom stereocenters. The molecular weight excluding hydrogens is 450 g/mol. The Hall–Kier alpha value is -3.32. The Morgan fingerprint density at radius 1 is 0.750 bits per heavy atom. The number of aliphatic hydroxyl groups is 1. The van der Waals surface area contributed by atoms with Gasteiger partial charge in [0.1, 0.15) is 6.26 Å². The molecule has 186 valence electrons. The molecule has 3 heterocycles. The first-order valence-electron chi connectivity index (χ1n) is 12.8. The zero-order chi connectivity index (χ0) is 24.3. The fourth-order valence-corrected chi connectivity index (χ4v) is 5.70. The van der Waals surface area contributed by atoms with Gasteiger partial charge in [-0.2, -0.15) is 0 Å². The van der Waals surface area contributed by atoms with Gasteiger partial charge in [0.25, 0.3) is 0 Å². The number of aliphatic hydroxyl groups excluding tert-OH is 1. The first kappa shape index (κ1) is 23.1. The van der Waals surface area contributed by atoms with E-state index >= 15 is 0 Å². The van der Waals surface area contributed by atoms with Crippen molar-refractivity contribution in [1.82, 2.24) is 14.4 Å². The lowest BCUT2D eigenvalue weighted by molar-refractivity contribution is 0.0322. The van der Waals surface area contributed by atoms with E-state index in [1.54, 1.807) is 6.26 Å². The van der Waals surface area contributed by atoms with Crippen LogP contribution in [0.1, 0.15) is 5.56 Å². The summed E-state index contributed by atoms with van der Waals surface area (Å²) in [7, 11) is 0. The molecule has 36 heavy (non-hydrogen) atoms. The molecule has 1 saturated heterocycles. The van der Waals surface area contributed by atoms with Gasteiger partial charge in [-0.3, -0.25) is 9.80 Å². The van der Waals surface area contributed by atoms with Crippen LogP contribution in [0.2, 0.25) is 0 Å². The Balaban J connectivity index is 1.11. The maximum atomic E-state index is 11.1. The summed E-state index contributed by atoms with van der Waals surface area (Å²) in [4.78, 5) is 4.87. The van der Waals surface area contributed by atoms with E-state index in [-0.39, 0.29) is 6.04 Å². The maximum Gasteiger partial charge on any atom is 0.229 e. The summed E-state index contributed by atoms with van der Waals surface area (Å²) in [5.41, 5.74) is 3.65. The lowest BCUT2D eigenvalue weighted by atomic mass is 10.0. The van der Waals surface area contributed by atoms with E-state index in [2.05, 4.69) is 93.2 Å². The fourth-order valence-electron chi connectivity index (χ4n) is 5.70. The quantitative estimate of drug-likeness (QED) is 0.407. The smallest absolute Gasteiger partial charge is 0.229 e. The van der Waals surface area contributed by atoms with Gasteiger partial charge in [0, 0.05) is 54.5 Å². The second-order valence-electron chi connectivity index (χ2n) is 9.79. The lowest BCUT2D eigenvalue weighted by Crippen LogP contribution is -2.53. The third-order valence-electron chi connectivity index (χ3n) is 7.48. The van der Waals surface area contributed by atoms with Crippen LogP contribution in [-0.2, 0) is 22.4 Å². The summed E-state index contributed by atoms with van der Waals surface area (Å²) in [6.07, 6.45) is 2.23. The number of hydrogen-bond donors (Lipinski definition) is 1. The van der Waals surface area contributed by atoms with E-state index in [1.165, 1.54) is 27.4 Å². The first-order valence-corrected chi connectivity index (χ1v) is 12.8. The normalized spacial score (nSPS) is 18.6. The molecule has 6 rings (SSSR count). The van der Waals surface area contributed by atoms with Crippen molar-refractivity contribution in [2.45, 2.75) is 25.1 Å². The van der Waals surface area contributed by atoms with E-state index in [1.807, 2.05) is 0 Å². The van der Waals surface area contributed by atoms with Crippen LogP contribution in [0.3, 0.4) is 0 Å². The molecule has 0 bridgehead atoms. The number of β-amino-alcohol motifs (C(OH)–C–C–N with tert-alkyl or cyclic N) is 1. The number of benzene rings is 3. The Bertz CT molecular complexity index is 1290. The fraction of sp³-hybridized carbons (Fsp3) is 0.333. The second kappa shape index (κ2) is 10.3. The topological polar surface area (TPSA) is 50.1 Å². The first-order chi connectivity index (χ1) is 17.8. The van der Waals surface area contributed by atoms with Crippen molar-refractivity contribution in [1.29, 1.82) is 0 Å². The van der Waals surface area contributed by atoms with Crippen molar-refractivity contribution < 1.29 is 14.6 Å². The zero-order valence-electron chi connectivity index (χ0n) is 20.5. The number of para-hydroxylation sites is 2. The summed E-state index contributed by atoms with van der Waals surface area (Å²) >= 11 is 0. The molecule has 1 fully saturated rings. The highest BCUT2D eigenvalue weighted by molar-refractivity contribution is 6.07. The molecule has 0 amide bonds. The van der Waals surface area contributed by atoms with Crippen molar-refractivity contribution in [2.75, 3.05) is 39.5 Å². The number of piperazine rings is 1. The van der Waals surface area contributed by atoms with Gasteiger partial charge in [0.05, 0.1) is 18.7 Å². The summed E-state index contributed by atoms with van der Waals surface area (Å²) in [5, 5.41) is 13.6. The van der Waals surface area contributed by atoms with Gasteiger partial charge in [-0.05, 0) is 24.1 Å². The number of rotatable bonds is 8. The highest BCUT2D eigenvalue weighted by Crippen LogP contribution is 2.29. The van der Waals surface area contributed by atoms with Gasteiger partial charge in [-0.25, -0.2) is 0 Å². The standard InChI is InChI=1S/C30H33N3O3/c34-24(20-33-27-12-6-4-10-25(27)26-11-5-7-13-28(26)33)19-31-14-16-32(17-15-31)29(30-21-35-22-36-30)18-23-8-2-1-3-9-23/h1-13,21,24,29,34H,14-20,22H2. The molecule has 0 spiro atoms. The molecule has 2 aliphatic rings. The van der Waals surface area contributed by atoms with E-state index in [9.17, 15) is 5.11 Å². The van der Waals surface area contributed by atoms with E-state index < -0.39 is 6.10 Å². The summed E-state index contributed by atoms with van der Waals surface area (Å²) in [6, 6.07) is 27.7. The minimum Gasteiger partial charge on any atom is -0.462 e. The number of nitrogens with zero attached hydrogens (tertiary/aromatic N) is 3. The number of ether oxygens (including phenoxy) is 2. The van der Waals surface area contributed by atoms with Gasteiger partial charge >= 0.3 is 0 Å². The molecule has 0 saturated carbocycles. The summed E-state index contributed by atoms with van der Waals surface area (Å²) in [6.45, 7) is 5.26. The van der Waals surface area contributed by atoms with Crippen LogP contribution in [0.4, 0.5) is 0 Å². The van der Waals surface area contributed by atoms with Crippen molar-refractivity contribution in [3.63, 3.8) is 0 Å². The maximum absolute atomic E-state index is 11.1. The highest BCUT2D eigenvalue weighted by Gasteiger charge is 2.30. The zero-order valence-corrected chi connectivity index (χ0v) is 20.5. The Labute approximate surface area is 211 Å². The van der Waals surface area contributed by atoms with Gasteiger partial charge < -0.3 is 19.1 Å². The third-order valence-corrected chi connectivity index (χ3v) is 7.48. The number of aromatic nitrogens is 1. The monoisotopic (exact) mass is 483 g/mol. The SMILES string of the molecule is OC(CN1CCN(C(Cc2ccccc2)C2=COCO2)CC1)Cn1c2ccccc2c2ccccc21. The molecule has 6 heteroatoms. The van der Waals surface area contributed by atoms with E-state index in [0.29, 0.717) is 19.9 Å². The van der Waals surface area contributed by atoms with Crippen LogP contribution < -0.4 is 0 Å². The Kier molecular flexibility index (Phi) is 6.64. The van der Waals surface area contributed by atoms with Crippen molar-refractivity contribution in [3.8, 4) is 0 Å². The van der Waals surface area contributed by atoms with Crippen LogP contribution in [0.15, 0.2) is 90.9 Å². The van der Waals surface area contributed by atoms with Crippen LogP contribution in [0.25, 0.3) is 21.8 Å². The second-order valence-corrected chi connectivity index (χ2v) is 9.79. The van der Waals surface area contributed by atoms with Crippen molar-refractivity contribution in [3.05, 3.63) is 96.4 Å². The Morgan fingerprint density at radius 2 is 1.39 bits per heavy atom. The Morgan fingerprint density at radius 3 is 2.03 bits per heavy atom.